The maximum atomic E-state index is 13.4. The molecule has 2 unspecified atom stereocenters. The second kappa shape index (κ2) is 5.47. The van der Waals surface area contributed by atoms with Crippen LogP contribution in [0.5, 0.6) is 5.75 Å². The number of nitrogens with one attached hydrogen (secondary N) is 1. The summed E-state index contributed by atoms with van der Waals surface area (Å²) >= 11 is 0. The van der Waals surface area contributed by atoms with Crippen LogP contribution in [-0.2, 0) is 6.54 Å². The number of phenolic OH excluding ortho intramolecular Hbond substituents is 1. The standard InChI is InChI=1S/C15H21FN2O/c16-12-9-11(5-6-15(12)19)10-18-8-2-4-14(18)13-3-1-7-17-13/h5-6,9,13-14,17,19H,1-4,7-8,10H2. The Labute approximate surface area is 113 Å². The Bertz CT molecular complexity index is 446. The van der Waals surface area contributed by atoms with E-state index >= 15 is 0 Å². The molecule has 2 heterocycles. The summed E-state index contributed by atoms with van der Waals surface area (Å²) in [6.45, 7) is 2.99. The van der Waals surface area contributed by atoms with E-state index in [1.807, 2.05) is 6.07 Å². The molecule has 0 radical (unpaired) electrons. The molecule has 0 amide bonds. The summed E-state index contributed by atoms with van der Waals surface area (Å²) < 4.78 is 13.4. The van der Waals surface area contributed by atoms with Crippen LogP contribution in [-0.4, -0.2) is 35.2 Å². The molecule has 2 aliphatic rings. The summed E-state index contributed by atoms with van der Waals surface area (Å²) in [6.07, 6.45) is 4.98. The molecule has 1 aromatic carbocycles. The van der Waals surface area contributed by atoms with Crippen molar-refractivity contribution in [3.8, 4) is 5.75 Å². The Morgan fingerprint density at radius 2 is 2.21 bits per heavy atom. The normalized spacial score (nSPS) is 28.1. The molecule has 104 valence electrons. The molecular weight excluding hydrogens is 243 g/mol. The van der Waals surface area contributed by atoms with Crippen molar-refractivity contribution >= 4 is 0 Å². The molecular formula is C15H21FN2O. The van der Waals surface area contributed by atoms with Crippen LogP contribution in [0.2, 0.25) is 0 Å². The van der Waals surface area contributed by atoms with E-state index in [1.54, 1.807) is 0 Å². The van der Waals surface area contributed by atoms with E-state index in [-0.39, 0.29) is 5.75 Å². The second-order valence-electron chi connectivity index (χ2n) is 5.67. The molecule has 2 atom stereocenters. The second-order valence-corrected chi connectivity index (χ2v) is 5.67. The van der Waals surface area contributed by atoms with Crippen LogP contribution in [0.4, 0.5) is 4.39 Å². The lowest BCUT2D eigenvalue weighted by atomic mass is 10.0. The molecule has 2 aliphatic heterocycles. The number of phenols is 1. The number of hydrogen-bond donors (Lipinski definition) is 2. The van der Waals surface area contributed by atoms with Gasteiger partial charge in [0.1, 0.15) is 0 Å². The first-order valence-corrected chi connectivity index (χ1v) is 7.19. The van der Waals surface area contributed by atoms with Gasteiger partial charge in [-0.3, -0.25) is 4.90 Å². The molecule has 1 aromatic rings. The van der Waals surface area contributed by atoms with Crippen molar-refractivity contribution in [2.24, 2.45) is 0 Å². The molecule has 0 aromatic heterocycles. The first-order valence-electron chi connectivity index (χ1n) is 7.19. The maximum Gasteiger partial charge on any atom is 0.165 e. The molecule has 2 N–H and O–H groups in total. The zero-order valence-corrected chi connectivity index (χ0v) is 11.1. The van der Waals surface area contributed by atoms with Crippen molar-refractivity contribution in [1.29, 1.82) is 0 Å². The molecule has 0 saturated carbocycles. The number of nitrogens with zero attached hydrogens (tertiary/aromatic N) is 1. The third kappa shape index (κ3) is 2.74. The largest absolute Gasteiger partial charge is 0.505 e. The minimum Gasteiger partial charge on any atom is -0.505 e. The zero-order valence-electron chi connectivity index (χ0n) is 11.1. The molecule has 2 saturated heterocycles. The average molecular weight is 264 g/mol. The van der Waals surface area contributed by atoms with Crippen molar-refractivity contribution in [1.82, 2.24) is 10.2 Å². The lowest BCUT2D eigenvalue weighted by Crippen LogP contribution is -2.43. The molecule has 19 heavy (non-hydrogen) atoms. The third-order valence-corrected chi connectivity index (χ3v) is 4.37. The SMILES string of the molecule is Oc1ccc(CN2CCCC2C2CCCN2)cc1F. The van der Waals surface area contributed by atoms with Gasteiger partial charge in [0.2, 0.25) is 0 Å². The molecule has 4 heteroatoms. The van der Waals surface area contributed by atoms with Crippen molar-refractivity contribution in [3.05, 3.63) is 29.6 Å². The first kappa shape index (κ1) is 12.9. The van der Waals surface area contributed by atoms with Crippen molar-refractivity contribution in [2.45, 2.75) is 44.3 Å². The van der Waals surface area contributed by atoms with Crippen LogP contribution in [0, 0.1) is 5.82 Å². The van der Waals surface area contributed by atoms with Gasteiger partial charge in [-0.15, -0.1) is 0 Å². The van der Waals surface area contributed by atoms with E-state index in [1.165, 1.54) is 37.8 Å². The smallest absolute Gasteiger partial charge is 0.165 e. The number of rotatable bonds is 3. The van der Waals surface area contributed by atoms with Gasteiger partial charge < -0.3 is 10.4 Å². The van der Waals surface area contributed by atoms with Crippen molar-refractivity contribution in [3.63, 3.8) is 0 Å². The number of hydrogen-bond acceptors (Lipinski definition) is 3. The van der Waals surface area contributed by atoms with Gasteiger partial charge in [-0.2, -0.15) is 0 Å². The summed E-state index contributed by atoms with van der Waals surface area (Å²) in [4.78, 5) is 2.45. The Hall–Kier alpha value is -1.13. The fraction of sp³-hybridized carbons (Fsp3) is 0.600. The van der Waals surface area contributed by atoms with Gasteiger partial charge in [0.15, 0.2) is 11.6 Å². The number of benzene rings is 1. The van der Waals surface area contributed by atoms with Crippen LogP contribution in [0.1, 0.15) is 31.2 Å². The lowest BCUT2D eigenvalue weighted by molar-refractivity contribution is 0.206. The van der Waals surface area contributed by atoms with Gasteiger partial charge in [-0.25, -0.2) is 4.39 Å². The fourth-order valence-electron chi connectivity index (χ4n) is 3.43. The van der Waals surface area contributed by atoms with E-state index in [4.69, 9.17) is 0 Å². The highest BCUT2D eigenvalue weighted by Crippen LogP contribution is 2.27. The highest BCUT2D eigenvalue weighted by atomic mass is 19.1. The zero-order chi connectivity index (χ0) is 13.2. The van der Waals surface area contributed by atoms with Crippen LogP contribution in [0.3, 0.4) is 0 Å². The Morgan fingerprint density at radius 1 is 1.32 bits per heavy atom. The Morgan fingerprint density at radius 3 is 2.95 bits per heavy atom. The molecule has 0 spiro atoms. The highest BCUT2D eigenvalue weighted by Gasteiger charge is 2.32. The summed E-state index contributed by atoms with van der Waals surface area (Å²) in [6, 6.07) is 5.90. The molecule has 0 aliphatic carbocycles. The molecule has 3 rings (SSSR count). The minimum absolute atomic E-state index is 0.265. The Balaban J connectivity index is 1.69. The number of aromatic hydroxyl groups is 1. The third-order valence-electron chi connectivity index (χ3n) is 4.37. The summed E-state index contributed by atoms with van der Waals surface area (Å²) in [7, 11) is 0. The number of likely N-dealkylation sites (tertiary alicyclic amines) is 1. The highest BCUT2D eigenvalue weighted by molar-refractivity contribution is 5.28. The summed E-state index contributed by atoms with van der Waals surface area (Å²) in [5, 5.41) is 12.8. The number of halogens is 1. The summed E-state index contributed by atoms with van der Waals surface area (Å²) in [5.41, 5.74) is 0.945. The van der Waals surface area contributed by atoms with Crippen LogP contribution >= 0.6 is 0 Å². The van der Waals surface area contributed by atoms with Gasteiger partial charge in [0.05, 0.1) is 0 Å². The minimum atomic E-state index is -0.521. The van der Waals surface area contributed by atoms with E-state index < -0.39 is 5.82 Å². The monoisotopic (exact) mass is 264 g/mol. The average Bonchev–Trinajstić information content (AvgIpc) is 3.04. The molecule has 2 fully saturated rings. The molecule has 3 nitrogen and oxygen atoms in total. The predicted molar refractivity (Wildman–Crippen MR) is 72.5 cm³/mol. The van der Waals surface area contributed by atoms with Gasteiger partial charge in [0, 0.05) is 18.6 Å². The van der Waals surface area contributed by atoms with Gasteiger partial charge >= 0.3 is 0 Å². The fourth-order valence-corrected chi connectivity index (χ4v) is 3.43. The van der Waals surface area contributed by atoms with E-state index in [0.29, 0.717) is 12.1 Å². The van der Waals surface area contributed by atoms with E-state index in [0.717, 1.165) is 25.2 Å². The van der Waals surface area contributed by atoms with E-state index in [9.17, 15) is 9.50 Å². The maximum absolute atomic E-state index is 13.4. The van der Waals surface area contributed by atoms with Crippen LogP contribution < -0.4 is 5.32 Å². The van der Waals surface area contributed by atoms with E-state index in [2.05, 4.69) is 10.2 Å². The van der Waals surface area contributed by atoms with Crippen LogP contribution in [0.25, 0.3) is 0 Å². The van der Waals surface area contributed by atoms with Crippen LogP contribution in [0.15, 0.2) is 18.2 Å². The summed E-state index contributed by atoms with van der Waals surface area (Å²) in [5.74, 6) is -0.786. The Kier molecular flexibility index (Phi) is 3.71. The van der Waals surface area contributed by atoms with Gasteiger partial charge in [0.25, 0.3) is 0 Å². The van der Waals surface area contributed by atoms with Gasteiger partial charge in [-0.1, -0.05) is 6.07 Å². The molecule has 0 bridgehead atoms. The first-order chi connectivity index (χ1) is 9.24. The quantitative estimate of drug-likeness (QED) is 0.879. The lowest BCUT2D eigenvalue weighted by Gasteiger charge is -2.29. The van der Waals surface area contributed by atoms with Gasteiger partial charge in [-0.05, 0) is 56.5 Å². The topological polar surface area (TPSA) is 35.5 Å². The van der Waals surface area contributed by atoms with Crippen molar-refractivity contribution in [2.75, 3.05) is 13.1 Å². The predicted octanol–water partition coefficient (Wildman–Crippen LogP) is 2.25. The van der Waals surface area contributed by atoms with Crippen molar-refractivity contribution < 1.29 is 9.50 Å².